The summed E-state index contributed by atoms with van der Waals surface area (Å²) in [5.41, 5.74) is 4.62. The first kappa shape index (κ1) is 22.9. The molecule has 0 amide bonds. The summed E-state index contributed by atoms with van der Waals surface area (Å²) in [5, 5.41) is 0. The van der Waals surface area contributed by atoms with Gasteiger partial charge in [-0.25, -0.2) is 4.79 Å². The van der Waals surface area contributed by atoms with Crippen molar-refractivity contribution in [1.82, 2.24) is 4.98 Å². The Bertz CT molecular complexity index is 1400. The van der Waals surface area contributed by atoms with E-state index >= 15 is 0 Å². The van der Waals surface area contributed by atoms with Crippen LogP contribution in [0.5, 0.6) is 0 Å². The Labute approximate surface area is 194 Å². The molecule has 0 bridgehead atoms. The van der Waals surface area contributed by atoms with E-state index in [0.29, 0.717) is 23.3 Å². The summed E-state index contributed by atoms with van der Waals surface area (Å²) < 4.78 is 17.1. The number of hydrogen-bond donors (Lipinski definition) is 1. The van der Waals surface area contributed by atoms with Crippen molar-refractivity contribution < 1.29 is 20.3 Å². The van der Waals surface area contributed by atoms with Gasteiger partial charge in [0.15, 0.2) is 5.58 Å². The summed E-state index contributed by atoms with van der Waals surface area (Å²) in [6.07, 6.45) is 1.98. The van der Waals surface area contributed by atoms with Crippen LogP contribution in [0.3, 0.4) is 0 Å². The number of oxazole rings is 1. The molecule has 0 saturated heterocycles. The van der Waals surface area contributed by atoms with E-state index < -0.39 is 22.0 Å². The van der Waals surface area contributed by atoms with Crippen LogP contribution in [0.15, 0.2) is 80.8 Å². The van der Waals surface area contributed by atoms with Crippen molar-refractivity contribution >= 4 is 27.7 Å². The number of rotatable bonds is 7. The topological polar surface area (TPSA) is 112 Å². The Hall–Kier alpha value is -3.29. The average Bonchev–Trinajstić information content (AvgIpc) is 3.54. The average molecular weight is 466 g/mol. The van der Waals surface area contributed by atoms with Gasteiger partial charge < -0.3 is 9.89 Å². The summed E-state index contributed by atoms with van der Waals surface area (Å²) in [5.74, 6) is 0.301. The van der Waals surface area contributed by atoms with E-state index in [4.69, 9.17) is 4.42 Å². The minimum atomic E-state index is -0.966. The zero-order chi connectivity index (χ0) is 22.3. The third-order valence-corrected chi connectivity index (χ3v) is 7.58. The van der Waals surface area contributed by atoms with Gasteiger partial charge in [0.25, 0.3) is 0 Å². The molecular weight excluding hydrogens is 438 g/mol. The number of Topliss-reactive ketones (excluding diaryl/α,β-unsaturated/α-hetero) is 1. The molecule has 0 radical (unpaired) electrons. The smallest absolute Gasteiger partial charge is 0.412 e. The summed E-state index contributed by atoms with van der Waals surface area (Å²) in [6, 6.07) is 21.3. The lowest BCUT2D eigenvalue weighted by Gasteiger charge is -2.15. The third kappa shape index (κ3) is 4.34. The van der Waals surface area contributed by atoms with Crippen LogP contribution >= 0.6 is 0 Å². The number of ketones is 1. The number of carbonyl (C=O) groups excluding carboxylic acids is 1. The van der Waals surface area contributed by atoms with Crippen LogP contribution in [0.1, 0.15) is 32.3 Å². The van der Waals surface area contributed by atoms with Gasteiger partial charge in [-0.3, -0.25) is 14.0 Å². The van der Waals surface area contributed by atoms with Crippen LogP contribution in [-0.2, 0) is 27.4 Å². The summed E-state index contributed by atoms with van der Waals surface area (Å²) in [7, 11) is -0.966. The molecule has 0 spiro atoms. The molecule has 1 atom stereocenters. The zero-order valence-corrected chi connectivity index (χ0v) is 19.0. The van der Waals surface area contributed by atoms with Crippen molar-refractivity contribution in [1.29, 1.82) is 0 Å². The monoisotopic (exact) mass is 465 g/mol. The van der Waals surface area contributed by atoms with E-state index in [1.54, 1.807) is 6.07 Å². The number of benzene rings is 3. The summed E-state index contributed by atoms with van der Waals surface area (Å²) in [4.78, 5) is 28.3. The van der Waals surface area contributed by atoms with Gasteiger partial charge in [-0.15, -0.1) is 0 Å². The van der Waals surface area contributed by atoms with Gasteiger partial charge in [-0.2, -0.15) is 0 Å². The van der Waals surface area contributed by atoms with Crippen LogP contribution in [0, 0.1) is 0 Å². The number of hydrogen-bond acceptors (Lipinski definition) is 4. The fraction of sp³-hybridized carbons (Fsp3) is 0.231. The Morgan fingerprint density at radius 3 is 2.52 bits per heavy atom. The van der Waals surface area contributed by atoms with E-state index in [2.05, 4.69) is 11.1 Å². The van der Waals surface area contributed by atoms with Crippen LogP contribution in [0.25, 0.3) is 22.2 Å². The molecular formula is C26H27NO5S. The molecule has 5 rings (SSSR count). The Morgan fingerprint density at radius 1 is 1.06 bits per heavy atom. The molecule has 1 aliphatic rings. The van der Waals surface area contributed by atoms with Crippen molar-refractivity contribution in [3.63, 3.8) is 0 Å². The summed E-state index contributed by atoms with van der Waals surface area (Å²) >= 11 is 0. The van der Waals surface area contributed by atoms with Crippen LogP contribution in [-0.4, -0.2) is 26.2 Å². The lowest BCUT2D eigenvalue weighted by molar-refractivity contribution is -0.120. The van der Waals surface area contributed by atoms with Gasteiger partial charge >= 0.3 is 5.76 Å². The van der Waals surface area contributed by atoms with E-state index in [0.717, 1.165) is 40.0 Å². The minimum absolute atomic E-state index is 0. The van der Waals surface area contributed by atoms with Crippen LogP contribution in [0.4, 0.5) is 0 Å². The van der Waals surface area contributed by atoms with Gasteiger partial charge in [0.1, 0.15) is 5.78 Å². The maximum Gasteiger partial charge on any atom is 0.417 e. The lowest BCUT2D eigenvalue weighted by atomic mass is 9.87. The van der Waals surface area contributed by atoms with E-state index in [-0.39, 0.29) is 12.7 Å². The number of H-pyrrole nitrogens is 1. The van der Waals surface area contributed by atoms with E-state index in [1.165, 1.54) is 0 Å². The molecule has 3 N–H and O–H groups in total. The molecule has 1 saturated carbocycles. The van der Waals surface area contributed by atoms with E-state index in [9.17, 15) is 13.8 Å². The Morgan fingerprint density at radius 2 is 1.82 bits per heavy atom. The highest BCUT2D eigenvalue weighted by Crippen LogP contribution is 2.50. The number of aromatic nitrogens is 1. The second-order valence-corrected chi connectivity index (χ2v) is 10.0. The molecule has 172 valence electrons. The second kappa shape index (κ2) is 8.92. The predicted octanol–water partition coefficient (Wildman–Crippen LogP) is 4.18. The Kier molecular flexibility index (Phi) is 6.19. The van der Waals surface area contributed by atoms with Crippen molar-refractivity contribution in [2.24, 2.45) is 0 Å². The number of nitrogens with one attached hydrogen (secondary N) is 1. The molecule has 0 aliphatic heterocycles. The lowest BCUT2D eigenvalue weighted by Crippen LogP contribution is -2.22. The zero-order valence-electron chi connectivity index (χ0n) is 18.2. The maximum atomic E-state index is 13.3. The highest BCUT2D eigenvalue weighted by atomic mass is 32.2. The second-order valence-electron chi connectivity index (χ2n) is 8.27. The normalized spacial score (nSPS) is 15.1. The van der Waals surface area contributed by atoms with Gasteiger partial charge in [0.05, 0.1) is 21.7 Å². The SMILES string of the molecule is CCS(=O)c1ccc(-c2cccc(CC(=O)C3(c4ccc5oc(=O)[nH]c5c4)CC3)c2)cc1.O.[HH]. The quantitative estimate of drug-likeness (QED) is 0.441. The molecule has 1 aromatic heterocycles. The molecule has 1 aliphatic carbocycles. The van der Waals surface area contributed by atoms with Crippen LogP contribution < -0.4 is 5.76 Å². The van der Waals surface area contributed by atoms with E-state index in [1.807, 2.05) is 61.5 Å². The van der Waals surface area contributed by atoms with Crippen molar-refractivity contribution in [3.8, 4) is 11.1 Å². The first-order chi connectivity index (χ1) is 15.5. The van der Waals surface area contributed by atoms with Crippen molar-refractivity contribution in [2.45, 2.75) is 36.5 Å². The largest absolute Gasteiger partial charge is 0.417 e. The molecule has 4 aromatic rings. The third-order valence-electron chi connectivity index (χ3n) is 6.26. The maximum absolute atomic E-state index is 13.3. The number of fused-ring (bicyclic) bond motifs is 1. The fourth-order valence-electron chi connectivity index (χ4n) is 4.28. The summed E-state index contributed by atoms with van der Waals surface area (Å²) in [6.45, 7) is 1.91. The molecule has 1 unspecified atom stereocenters. The molecule has 1 heterocycles. The van der Waals surface area contributed by atoms with Gasteiger partial charge in [0.2, 0.25) is 0 Å². The van der Waals surface area contributed by atoms with Gasteiger partial charge in [-0.1, -0.05) is 49.4 Å². The predicted molar refractivity (Wildman–Crippen MR) is 131 cm³/mol. The minimum Gasteiger partial charge on any atom is -0.412 e. The molecule has 1 fully saturated rings. The van der Waals surface area contributed by atoms with Crippen molar-refractivity contribution in [2.75, 3.05) is 5.75 Å². The molecule has 33 heavy (non-hydrogen) atoms. The standard InChI is InChI=1S/C26H23NO4S.H2O.H2/c1-2-32(30)21-9-6-18(7-10-21)19-5-3-4-17(14-19)15-24(28)26(12-13-26)20-8-11-23-22(16-20)27-25(29)31-23;;/h3-11,14,16H,2,12-13,15H2,1H3,(H,27,29);1H2;1H. The first-order valence-electron chi connectivity index (χ1n) is 10.7. The molecule has 6 nitrogen and oxygen atoms in total. The van der Waals surface area contributed by atoms with Gasteiger partial charge in [0, 0.05) is 18.5 Å². The first-order valence-corrected chi connectivity index (χ1v) is 12.0. The van der Waals surface area contributed by atoms with Crippen molar-refractivity contribution in [3.05, 3.63) is 88.4 Å². The molecule has 7 heteroatoms. The molecule has 3 aromatic carbocycles. The highest BCUT2D eigenvalue weighted by molar-refractivity contribution is 7.85. The number of aromatic amines is 1. The number of carbonyl (C=O) groups is 1. The Balaban J connectivity index is 0.00000162. The van der Waals surface area contributed by atoms with Crippen LogP contribution in [0.2, 0.25) is 0 Å². The highest BCUT2D eigenvalue weighted by Gasteiger charge is 2.50. The van der Waals surface area contributed by atoms with Gasteiger partial charge in [-0.05, 0) is 59.4 Å². The fourth-order valence-corrected chi connectivity index (χ4v) is 5.06.